The second kappa shape index (κ2) is 4.61. The van der Waals surface area contributed by atoms with E-state index in [1.807, 2.05) is 0 Å². The summed E-state index contributed by atoms with van der Waals surface area (Å²) in [5.41, 5.74) is -0.186. The van der Waals surface area contributed by atoms with Gasteiger partial charge >= 0.3 is 0 Å². The van der Waals surface area contributed by atoms with Crippen LogP contribution in [-0.4, -0.2) is 27.7 Å². The van der Waals surface area contributed by atoms with Gasteiger partial charge in [-0.05, 0) is 13.3 Å². The Morgan fingerprint density at radius 3 is 3.15 bits per heavy atom. The molecule has 0 saturated carbocycles. The van der Waals surface area contributed by atoms with E-state index < -0.39 is 0 Å². The molecule has 1 rings (SSSR count). The standard InChI is InChI=1S/C8H13N3O2/c1-6(12)2-3-9-7-4-8(13)11-5-10-7/h4-6,12H,2-3H2,1H3,(H2,9,10,11,13). The van der Waals surface area contributed by atoms with Crippen molar-refractivity contribution in [2.75, 3.05) is 11.9 Å². The molecular weight excluding hydrogens is 170 g/mol. The zero-order chi connectivity index (χ0) is 9.68. The van der Waals surface area contributed by atoms with Crippen LogP contribution in [0.15, 0.2) is 17.2 Å². The quantitative estimate of drug-likeness (QED) is 0.611. The molecule has 1 aromatic heterocycles. The van der Waals surface area contributed by atoms with Crippen molar-refractivity contribution in [3.05, 3.63) is 22.7 Å². The Labute approximate surface area is 75.8 Å². The van der Waals surface area contributed by atoms with Crippen LogP contribution in [0, 0.1) is 0 Å². The first-order chi connectivity index (χ1) is 6.18. The van der Waals surface area contributed by atoms with E-state index in [1.165, 1.54) is 12.4 Å². The second-order valence-electron chi connectivity index (χ2n) is 2.86. The van der Waals surface area contributed by atoms with Crippen molar-refractivity contribution >= 4 is 5.82 Å². The summed E-state index contributed by atoms with van der Waals surface area (Å²) in [4.78, 5) is 17.1. The van der Waals surface area contributed by atoms with Crippen LogP contribution in [0.4, 0.5) is 5.82 Å². The Kier molecular flexibility index (Phi) is 3.45. The molecule has 0 spiro atoms. The number of nitrogens with zero attached hydrogens (tertiary/aromatic N) is 1. The van der Waals surface area contributed by atoms with Crippen LogP contribution in [0.3, 0.4) is 0 Å². The molecule has 0 aromatic carbocycles. The fraction of sp³-hybridized carbons (Fsp3) is 0.500. The summed E-state index contributed by atoms with van der Waals surface area (Å²) in [5, 5.41) is 11.9. The number of nitrogens with one attached hydrogen (secondary N) is 2. The normalized spacial score (nSPS) is 12.5. The summed E-state index contributed by atoms with van der Waals surface area (Å²) in [6.07, 6.45) is 1.64. The first kappa shape index (κ1) is 9.73. The third-order valence-corrected chi connectivity index (χ3v) is 1.55. The van der Waals surface area contributed by atoms with Crippen molar-refractivity contribution in [2.45, 2.75) is 19.4 Å². The maximum absolute atomic E-state index is 10.8. The summed E-state index contributed by atoms with van der Waals surface area (Å²) in [7, 11) is 0. The van der Waals surface area contributed by atoms with Crippen molar-refractivity contribution in [3.63, 3.8) is 0 Å². The number of aromatic amines is 1. The summed E-state index contributed by atoms with van der Waals surface area (Å²) >= 11 is 0. The van der Waals surface area contributed by atoms with Crippen LogP contribution >= 0.6 is 0 Å². The number of hydrogen-bond acceptors (Lipinski definition) is 4. The number of anilines is 1. The molecule has 72 valence electrons. The van der Waals surface area contributed by atoms with E-state index in [1.54, 1.807) is 6.92 Å². The van der Waals surface area contributed by atoms with Gasteiger partial charge in [0.1, 0.15) is 5.82 Å². The second-order valence-corrected chi connectivity index (χ2v) is 2.86. The van der Waals surface area contributed by atoms with E-state index in [0.717, 1.165) is 0 Å². The molecule has 0 aliphatic carbocycles. The van der Waals surface area contributed by atoms with Gasteiger partial charge < -0.3 is 15.4 Å². The van der Waals surface area contributed by atoms with Crippen molar-refractivity contribution in [1.82, 2.24) is 9.97 Å². The summed E-state index contributed by atoms with van der Waals surface area (Å²) < 4.78 is 0. The molecule has 1 heterocycles. The van der Waals surface area contributed by atoms with Crippen LogP contribution in [0.2, 0.25) is 0 Å². The van der Waals surface area contributed by atoms with E-state index in [4.69, 9.17) is 5.11 Å². The molecule has 0 aliphatic rings. The predicted octanol–water partition coefficient (Wildman–Crippen LogP) is -0.0473. The van der Waals surface area contributed by atoms with E-state index in [9.17, 15) is 4.79 Å². The molecule has 3 N–H and O–H groups in total. The number of rotatable bonds is 4. The molecule has 5 nitrogen and oxygen atoms in total. The molecule has 5 heteroatoms. The lowest BCUT2D eigenvalue weighted by Crippen LogP contribution is -2.13. The number of aliphatic hydroxyl groups excluding tert-OH is 1. The fourth-order valence-electron chi connectivity index (χ4n) is 0.874. The average Bonchev–Trinajstić information content (AvgIpc) is 2.03. The van der Waals surface area contributed by atoms with Crippen LogP contribution in [-0.2, 0) is 0 Å². The van der Waals surface area contributed by atoms with Crippen LogP contribution in [0.25, 0.3) is 0 Å². The summed E-state index contributed by atoms with van der Waals surface area (Å²) in [5.74, 6) is 0.532. The monoisotopic (exact) mass is 183 g/mol. The minimum absolute atomic E-state index is 0.186. The molecular formula is C8H13N3O2. The van der Waals surface area contributed by atoms with Gasteiger partial charge in [0.25, 0.3) is 5.56 Å². The Morgan fingerprint density at radius 1 is 1.77 bits per heavy atom. The SMILES string of the molecule is CC(O)CCNc1cc(=O)[nH]cn1. The highest BCUT2D eigenvalue weighted by Gasteiger charge is 1.96. The Hall–Kier alpha value is -1.36. The summed E-state index contributed by atoms with van der Waals surface area (Å²) in [6.45, 7) is 2.32. The van der Waals surface area contributed by atoms with E-state index in [2.05, 4.69) is 15.3 Å². The topological polar surface area (TPSA) is 78.0 Å². The van der Waals surface area contributed by atoms with Crippen molar-refractivity contribution in [3.8, 4) is 0 Å². The number of hydrogen-bond donors (Lipinski definition) is 3. The van der Waals surface area contributed by atoms with E-state index in [0.29, 0.717) is 18.8 Å². The number of aromatic nitrogens is 2. The molecule has 0 aliphatic heterocycles. The molecule has 0 bridgehead atoms. The lowest BCUT2D eigenvalue weighted by atomic mass is 10.3. The van der Waals surface area contributed by atoms with Gasteiger partial charge in [0, 0.05) is 12.6 Å². The van der Waals surface area contributed by atoms with Crippen LogP contribution < -0.4 is 10.9 Å². The number of aliphatic hydroxyl groups is 1. The van der Waals surface area contributed by atoms with Gasteiger partial charge in [-0.15, -0.1) is 0 Å². The van der Waals surface area contributed by atoms with Gasteiger partial charge in [-0.2, -0.15) is 0 Å². The Bertz CT molecular complexity index is 308. The predicted molar refractivity (Wildman–Crippen MR) is 49.6 cm³/mol. The highest BCUT2D eigenvalue weighted by Crippen LogP contribution is 1.96. The van der Waals surface area contributed by atoms with Gasteiger partial charge in [-0.25, -0.2) is 4.98 Å². The van der Waals surface area contributed by atoms with Crippen LogP contribution in [0.1, 0.15) is 13.3 Å². The van der Waals surface area contributed by atoms with Crippen molar-refractivity contribution in [2.24, 2.45) is 0 Å². The maximum Gasteiger partial charge on any atom is 0.252 e. The molecule has 0 fully saturated rings. The van der Waals surface area contributed by atoms with Crippen molar-refractivity contribution < 1.29 is 5.11 Å². The minimum Gasteiger partial charge on any atom is -0.393 e. The molecule has 1 aromatic rings. The third kappa shape index (κ3) is 3.71. The molecule has 13 heavy (non-hydrogen) atoms. The minimum atomic E-state index is -0.338. The van der Waals surface area contributed by atoms with Crippen LogP contribution in [0.5, 0.6) is 0 Å². The summed E-state index contributed by atoms with van der Waals surface area (Å²) in [6, 6.07) is 1.38. The van der Waals surface area contributed by atoms with Gasteiger partial charge in [0.15, 0.2) is 0 Å². The molecule has 0 saturated heterocycles. The molecule has 1 atom stereocenters. The van der Waals surface area contributed by atoms with E-state index >= 15 is 0 Å². The number of H-pyrrole nitrogens is 1. The van der Waals surface area contributed by atoms with E-state index in [-0.39, 0.29) is 11.7 Å². The molecule has 0 amide bonds. The first-order valence-corrected chi connectivity index (χ1v) is 4.15. The zero-order valence-corrected chi connectivity index (χ0v) is 7.45. The highest BCUT2D eigenvalue weighted by molar-refractivity contribution is 5.31. The fourth-order valence-corrected chi connectivity index (χ4v) is 0.874. The Balaban J connectivity index is 2.41. The first-order valence-electron chi connectivity index (χ1n) is 4.15. The van der Waals surface area contributed by atoms with Gasteiger partial charge in [0.2, 0.25) is 0 Å². The Morgan fingerprint density at radius 2 is 2.54 bits per heavy atom. The third-order valence-electron chi connectivity index (χ3n) is 1.55. The van der Waals surface area contributed by atoms with Crippen molar-refractivity contribution in [1.29, 1.82) is 0 Å². The molecule has 1 unspecified atom stereocenters. The van der Waals surface area contributed by atoms with Gasteiger partial charge in [-0.3, -0.25) is 4.79 Å². The largest absolute Gasteiger partial charge is 0.393 e. The average molecular weight is 183 g/mol. The highest BCUT2D eigenvalue weighted by atomic mass is 16.3. The lowest BCUT2D eigenvalue weighted by molar-refractivity contribution is 0.188. The molecule has 0 radical (unpaired) electrons. The maximum atomic E-state index is 10.8. The van der Waals surface area contributed by atoms with Gasteiger partial charge in [-0.1, -0.05) is 0 Å². The zero-order valence-electron chi connectivity index (χ0n) is 7.45. The smallest absolute Gasteiger partial charge is 0.252 e. The lowest BCUT2D eigenvalue weighted by Gasteiger charge is -2.05. The van der Waals surface area contributed by atoms with Gasteiger partial charge in [0.05, 0.1) is 12.4 Å².